The van der Waals surface area contributed by atoms with Gasteiger partial charge in [-0.05, 0) is 58.3 Å². The maximum absolute atomic E-state index is 3.86. The molecule has 0 heterocycles. The Morgan fingerprint density at radius 2 is 1.29 bits per heavy atom. The number of fused-ring (bicyclic) bond motifs is 2. The summed E-state index contributed by atoms with van der Waals surface area (Å²) < 4.78 is 0. The molecular weight excluding hydrogens is 170 g/mol. The molecule has 0 unspecified atom stereocenters. The third kappa shape index (κ3) is 2.31. The summed E-state index contributed by atoms with van der Waals surface area (Å²) in [5.41, 5.74) is 0.301. The summed E-state index contributed by atoms with van der Waals surface area (Å²) in [6, 6.07) is 0.831. The van der Waals surface area contributed by atoms with Crippen LogP contribution in [0.15, 0.2) is 0 Å². The molecule has 2 fully saturated rings. The molecule has 2 bridgehead atoms. The predicted octanol–water partition coefficient (Wildman–Crippen LogP) is 3.34. The normalized spacial score (nSPS) is 38.4. The Morgan fingerprint density at radius 3 is 1.64 bits per heavy atom. The number of hydrogen-bond donors (Lipinski definition) is 1. The van der Waals surface area contributed by atoms with Crippen LogP contribution in [0.1, 0.15) is 59.3 Å². The molecule has 0 aromatic rings. The number of nitrogens with one attached hydrogen (secondary N) is 1. The van der Waals surface area contributed by atoms with Crippen molar-refractivity contribution in [3.8, 4) is 0 Å². The van der Waals surface area contributed by atoms with Crippen LogP contribution in [0.5, 0.6) is 0 Å². The first-order chi connectivity index (χ1) is 6.56. The largest absolute Gasteiger partial charge is 0.309 e. The molecule has 0 aliphatic heterocycles. The van der Waals surface area contributed by atoms with Crippen LogP contribution in [0.3, 0.4) is 0 Å². The highest BCUT2D eigenvalue weighted by molar-refractivity contribution is 4.94. The minimum absolute atomic E-state index is 0.301. The van der Waals surface area contributed by atoms with Gasteiger partial charge in [0.15, 0.2) is 0 Å². The van der Waals surface area contributed by atoms with Gasteiger partial charge in [-0.2, -0.15) is 0 Å². The SMILES string of the molecule is CC(C)(C)NC1C2CCCC1CCC2. The lowest BCUT2D eigenvalue weighted by molar-refractivity contribution is 0.102. The predicted molar refractivity (Wildman–Crippen MR) is 61.4 cm³/mol. The van der Waals surface area contributed by atoms with Crippen molar-refractivity contribution >= 4 is 0 Å². The van der Waals surface area contributed by atoms with Crippen LogP contribution in [0.2, 0.25) is 0 Å². The summed E-state index contributed by atoms with van der Waals surface area (Å²) in [5, 5.41) is 3.86. The lowest BCUT2D eigenvalue weighted by atomic mass is 9.68. The molecule has 0 aromatic heterocycles. The van der Waals surface area contributed by atoms with Crippen molar-refractivity contribution in [3.05, 3.63) is 0 Å². The molecule has 82 valence electrons. The molecule has 1 nitrogen and oxygen atoms in total. The number of rotatable bonds is 1. The van der Waals surface area contributed by atoms with Crippen molar-refractivity contribution in [2.24, 2.45) is 11.8 Å². The molecule has 0 aromatic carbocycles. The lowest BCUT2D eigenvalue weighted by Crippen LogP contribution is -2.53. The Hall–Kier alpha value is -0.0400. The summed E-state index contributed by atoms with van der Waals surface area (Å²) in [7, 11) is 0. The quantitative estimate of drug-likeness (QED) is 0.676. The maximum atomic E-state index is 3.86. The molecule has 0 amide bonds. The Labute approximate surface area is 88.7 Å². The van der Waals surface area contributed by atoms with Crippen molar-refractivity contribution in [2.45, 2.75) is 70.9 Å². The van der Waals surface area contributed by atoms with Crippen LogP contribution in [0.25, 0.3) is 0 Å². The monoisotopic (exact) mass is 195 g/mol. The van der Waals surface area contributed by atoms with Crippen LogP contribution in [0, 0.1) is 11.8 Å². The first-order valence-electron chi connectivity index (χ1n) is 6.34. The van der Waals surface area contributed by atoms with Crippen LogP contribution < -0.4 is 5.32 Å². The molecule has 2 saturated carbocycles. The van der Waals surface area contributed by atoms with E-state index >= 15 is 0 Å². The minimum atomic E-state index is 0.301. The summed E-state index contributed by atoms with van der Waals surface area (Å²) in [5.74, 6) is 1.98. The van der Waals surface area contributed by atoms with Crippen LogP contribution in [-0.2, 0) is 0 Å². The van der Waals surface area contributed by atoms with Crippen LogP contribution in [-0.4, -0.2) is 11.6 Å². The van der Waals surface area contributed by atoms with Gasteiger partial charge in [-0.15, -0.1) is 0 Å². The first-order valence-corrected chi connectivity index (χ1v) is 6.34. The van der Waals surface area contributed by atoms with Gasteiger partial charge in [0, 0.05) is 11.6 Å². The second kappa shape index (κ2) is 3.84. The van der Waals surface area contributed by atoms with E-state index in [2.05, 4.69) is 26.1 Å². The van der Waals surface area contributed by atoms with E-state index in [-0.39, 0.29) is 0 Å². The summed E-state index contributed by atoms with van der Waals surface area (Å²) in [6.07, 6.45) is 8.87. The van der Waals surface area contributed by atoms with Gasteiger partial charge >= 0.3 is 0 Å². The van der Waals surface area contributed by atoms with Crippen molar-refractivity contribution in [2.75, 3.05) is 0 Å². The van der Waals surface area contributed by atoms with Gasteiger partial charge in [0.05, 0.1) is 0 Å². The third-order valence-corrected chi connectivity index (χ3v) is 3.92. The van der Waals surface area contributed by atoms with Gasteiger partial charge < -0.3 is 5.32 Å². The second-order valence-electron chi connectivity index (χ2n) is 6.30. The second-order valence-corrected chi connectivity index (χ2v) is 6.30. The van der Waals surface area contributed by atoms with Gasteiger partial charge in [0.1, 0.15) is 0 Å². The molecule has 0 saturated heterocycles. The van der Waals surface area contributed by atoms with Crippen molar-refractivity contribution < 1.29 is 0 Å². The molecule has 2 rings (SSSR count). The van der Waals surface area contributed by atoms with Gasteiger partial charge in [0.25, 0.3) is 0 Å². The molecular formula is C13H25N. The van der Waals surface area contributed by atoms with E-state index in [0.717, 1.165) is 17.9 Å². The minimum Gasteiger partial charge on any atom is -0.309 e. The van der Waals surface area contributed by atoms with E-state index in [4.69, 9.17) is 0 Å². The van der Waals surface area contributed by atoms with Crippen LogP contribution in [0.4, 0.5) is 0 Å². The topological polar surface area (TPSA) is 12.0 Å². The lowest BCUT2D eigenvalue weighted by Gasteiger charge is -2.46. The summed E-state index contributed by atoms with van der Waals surface area (Å²) >= 11 is 0. The molecule has 1 N–H and O–H groups in total. The molecule has 0 radical (unpaired) electrons. The van der Waals surface area contributed by atoms with Crippen LogP contribution >= 0.6 is 0 Å². The fourth-order valence-electron chi connectivity index (χ4n) is 3.41. The summed E-state index contributed by atoms with van der Waals surface area (Å²) in [6.45, 7) is 6.91. The van der Waals surface area contributed by atoms with Crippen molar-refractivity contribution in [1.82, 2.24) is 5.32 Å². The highest BCUT2D eigenvalue weighted by atomic mass is 15.0. The molecule has 2 aliphatic rings. The average molecular weight is 195 g/mol. The number of hydrogen-bond acceptors (Lipinski definition) is 1. The van der Waals surface area contributed by atoms with E-state index in [9.17, 15) is 0 Å². The molecule has 0 spiro atoms. The Balaban J connectivity index is 2.01. The molecule has 14 heavy (non-hydrogen) atoms. The van der Waals surface area contributed by atoms with E-state index in [1.807, 2.05) is 0 Å². The van der Waals surface area contributed by atoms with E-state index < -0.39 is 0 Å². The smallest absolute Gasteiger partial charge is 0.0128 e. The van der Waals surface area contributed by atoms with E-state index in [1.165, 1.54) is 38.5 Å². The first kappa shape index (κ1) is 10.5. The third-order valence-electron chi connectivity index (χ3n) is 3.92. The van der Waals surface area contributed by atoms with E-state index in [0.29, 0.717) is 5.54 Å². The van der Waals surface area contributed by atoms with Gasteiger partial charge in [-0.3, -0.25) is 0 Å². The van der Waals surface area contributed by atoms with E-state index in [1.54, 1.807) is 0 Å². The van der Waals surface area contributed by atoms with Gasteiger partial charge in [-0.1, -0.05) is 12.8 Å². The Morgan fingerprint density at radius 1 is 0.857 bits per heavy atom. The zero-order valence-electron chi connectivity index (χ0n) is 9.97. The fraction of sp³-hybridized carbons (Fsp3) is 1.00. The standard InChI is InChI=1S/C13H25N/c1-13(2,3)14-12-10-6-4-7-11(12)9-5-8-10/h10-12,14H,4-9H2,1-3H3. The van der Waals surface area contributed by atoms with Crippen molar-refractivity contribution in [3.63, 3.8) is 0 Å². The highest BCUT2D eigenvalue weighted by Gasteiger charge is 2.37. The Kier molecular flexibility index (Phi) is 2.88. The maximum Gasteiger partial charge on any atom is 0.0128 e. The molecule has 1 heteroatoms. The zero-order valence-corrected chi connectivity index (χ0v) is 9.97. The van der Waals surface area contributed by atoms with Gasteiger partial charge in [0.2, 0.25) is 0 Å². The molecule has 0 atom stereocenters. The fourth-order valence-corrected chi connectivity index (χ4v) is 3.41. The summed E-state index contributed by atoms with van der Waals surface area (Å²) in [4.78, 5) is 0. The average Bonchev–Trinajstić information content (AvgIpc) is 1.99. The Bertz CT molecular complexity index is 170. The van der Waals surface area contributed by atoms with Gasteiger partial charge in [-0.25, -0.2) is 0 Å². The van der Waals surface area contributed by atoms with Crippen molar-refractivity contribution in [1.29, 1.82) is 0 Å². The molecule has 2 aliphatic carbocycles. The zero-order chi connectivity index (χ0) is 10.2. The highest BCUT2D eigenvalue weighted by Crippen LogP contribution is 2.40.